The Morgan fingerprint density at radius 1 is 1.45 bits per heavy atom. The van der Waals surface area contributed by atoms with Gasteiger partial charge in [0.1, 0.15) is 9.88 Å². The third kappa shape index (κ3) is 2.52. The van der Waals surface area contributed by atoms with E-state index in [1.54, 1.807) is 11.3 Å². The minimum atomic E-state index is 0.161. The molecular weight excluding hydrogens is 288 g/mol. The molecule has 0 spiro atoms. The molecule has 0 N–H and O–H groups in total. The molecule has 3 nitrogen and oxygen atoms in total. The third-order valence-electron chi connectivity index (χ3n) is 3.82. The molecule has 3 heterocycles. The second-order valence-electron chi connectivity index (χ2n) is 5.29. The number of aromatic nitrogens is 1. The first-order valence-corrected chi connectivity index (χ1v) is 8.73. The van der Waals surface area contributed by atoms with Crippen LogP contribution in [0.3, 0.4) is 0 Å². The number of hydrogen-bond donors (Lipinski definition) is 0. The first-order chi connectivity index (χ1) is 9.66. The van der Waals surface area contributed by atoms with Gasteiger partial charge in [-0.2, -0.15) is 11.3 Å². The van der Waals surface area contributed by atoms with Crippen LogP contribution in [0.5, 0.6) is 0 Å². The molecule has 0 radical (unpaired) electrons. The average molecular weight is 306 g/mol. The second kappa shape index (κ2) is 5.66. The summed E-state index contributed by atoms with van der Waals surface area (Å²) in [7, 11) is 0. The first kappa shape index (κ1) is 13.8. The van der Waals surface area contributed by atoms with Crippen LogP contribution < -0.4 is 0 Å². The Hall–Kier alpha value is -1.20. The molecule has 1 saturated heterocycles. The van der Waals surface area contributed by atoms with Crippen molar-refractivity contribution in [2.45, 2.75) is 39.2 Å². The number of piperidine rings is 1. The van der Waals surface area contributed by atoms with E-state index in [1.807, 2.05) is 17.2 Å². The van der Waals surface area contributed by atoms with E-state index in [-0.39, 0.29) is 5.91 Å². The van der Waals surface area contributed by atoms with Crippen LogP contribution >= 0.6 is 22.7 Å². The highest BCUT2D eigenvalue weighted by Gasteiger charge is 2.27. The molecule has 20 heavy (non-hydrogen) atoms. The van der Waals surface area contributed by atoms with Gasteiger partial charge in [0.15, 0.2) is 0 Å². The Morgan fingerprint density at radius 3 is 3.00 bits per heavy atom. The molecule has 1 fully saturated rings. The molecule has 0 bridgehead atoms. The summed E-state index contributed by atoms with van der Waals surface area (Å²) in [6.07, 6.45) is 3.46. The lowest BCUT2D eigenvalue weighted by Crippen LogP contribution is -2.41. The molecule has 3 rings (SSSR count). The Morgan fingerprint density at radius 2 is 2.30 bits per heavy atom. The molecule has 1 atom stereocenters. The van der Waals surface area contributed by atoms with Gasteiger partial charge < -0.3 is 4.90 Å². The fourth-order valence-corrected chi connectivity index (χ4v) is 4.37. The van der Waals surface area contributed by atoms with Crippen molar-refractivity contribution in [2.24, 2.45) is 0 Å². The van der Waals surface area contributed by atoms with Crippen molar-refractivity contribution in [1.82, 2.24) is 9.88 Å². The average Bonchev–Trinajstić information content (AvgIpc) is 3.07. The smallest absolute Gasteiger partial charge is 0.266 e. The minimum Gasteiger partial charge on any atom is -0.335 e. The maximum Gasteiger partial charge on any atom is 0.266 e. The van der Waals surface area contributed by atoms with E-state index < -0.39 is 0 Å². The van der Waals surface area contributed by atoms with Crippen molar-refractivity contribution in [2.75, 3.05) is 6.54 Å². The van der Waals surface area contributed by atoms with Gasteiger partial charge in [-0.1, -0.05) is 0 Å². The summed E-state index contributed by atoms with van der Waals surface area (Å²) in [6.45, 7) is 4.96. The summed E-state index contributed by atoms with van der Waals surface area (Å²) in [6, 6.07) is 2.41. The summed E-state index contributed by atoms with van der Waals surface area (Å²) in [5.74, 6) is 0.161. The maximum atomic E-state index is 12.7. The van der Waals surface area contributed by atoms with Gasteiger partial charge in [-0.25, -0.2) is 4.98 Å². The van der Waals surface area contributed by atoms with E-state index in [9.17, 15) is 4.79 Å². The van der Waals surface area contributed by atoms with Gasteiger partial charge in [-0.3, -0.25) is 4.79 Å². The summed E-state index contributed by atoms with van der Waals surface area (Å²) in [5.41, 5.74) is 1.98. The number of thiazole rings is 1. The van der Waals surface area contributed by atoms with Crippen molar-refractivity contribution < 1.29 is 4.79 Å². The van der Waals surface area contributed by atoms with E-state index in [1.165, 1.54) is 17.8 Å². The molecular formula is C15H18N2OS2. The standard InChI is InChI=1S/C15H18N2OS2/c1-10-5-3-4-7-17(10)15(18)13-11(2)16-14(20-13)12-6-8-19-9-12/h6,8-10H,3-5,7H2,1-2H3. The molecule has 1 aliphatic heterocycles. The van der Waals surface area contributed by atoms with E-state index in [4.69, 9.17) is 0 Å². The number of carbonyl (C=O) groups is 1. The quantitative estimate of drug-likeness (QED) is 0.833. The Balaban J connectivity index is 1.88. The van der Waals surface area contributed by atoms with Crippen LogP contribution in [0.15, 0.2) is 16.8 Å². The Kier molecular flexibility index (Phi) is 3.89. The lowest BCUT2D eigenvalue weighted by Gasteiger charge is -2.33. The number of rotatable bonds is 2. The van der Waals surface area contributed by atoms with Crippen molar-refractivity contribution in [3.05, 3.63) is 27.4 Å². The van der Waals surface area contributed by atoms with Crippen LogP contribution in [0.4, 0.5) is 0 Å². The highest BCUT2D eigenvalue weighted by molar-refractivity contribution is 7.17. The van der Waals surface area contributed by atoms with Crippen LogP contribution in [0.1, 0.15) is 41.6 Å². The van der Waals surface area contributed by atoms with Gasteiger partial charge in [-0.05, 0) is 44.6 Å². The monoisotopic (exact) mass is 306 g/mol. The highest BCUT2D eigenvalue weighted by atomic mass is 32.1. The zero-order valence-corrected chi connectivity index (χ0v) is 13.4. The maximum absolute atomic E-state index is 12.7. The van der Waals surface area contributed by atoms with Gasteiger partial charge in [0.25, 0.3) is 5.91 Å². The van der Waals surface area contributed by atoms with Crippen LogP contribution in [0.2, 0.25) is 0 Å². The predicted octanol–water partition coefficient (Wildman–Crippen LogP) is 4.19. The molecule has 1 aliphatic rings. The lowest BCUT2D eigenvalue weighted by atomic mass is 10.0. The molecule has 1 amide bonds. The minimum absolute atomic E-state index is 0.161. The van der Waals surface area contributed by atoms with Gasteiger partial charge in [0.2, 0.25) is 0 Å². The Bertz CT molecular complexity index is 603. The van der Waals surface area contributed by atoms with Gasteiger partial charge in [-0.15, -0.1) is 11.3 Å². The van der Waals surface area contributed by atoms with Crippen LogP contribution in [0.25, 0.3) is 10.6 Å². The van der Waals surface area contributed by atoms with Gasteiger partial charge in [0, 0.05) is 23.5 Å². The number of carbonyl (C=O) groups excluding carboxylic acids is 1. The number of nitrogens with zero attached hydrogens (tertiary/aromatic N) is 2. The van der Waals surface area contributed by atoms with Gasteiger partial charge in [0.05, 0.1) is 5.69 Å². The molecule has 0 saturated carbocycles. The normalized spacial score (nSPS) is 19.3. The predicted molar refractivity (Wildman–Crippen MR) is 84.5 cm³/mol. The SMILES string of the molecule is Cc1nc(-c2ccsc2)sc1C(=O)N1CCCCC1C. The lowest BCUT2D eigenvalue weighted by molar-refractivity contribution is 0.0639. The summed E-state index contributed by atoms with van der Waals surface area (Å²) in [5, 5.41) is 5.08. The molecule has 0 aliphatic carbocycles. The zero-order chi connectivity index (χ0) is 14.1. The highest BCUT2D eigenvalue weighted by Crippen LogP contribution is 2.31. The van der Waals surface area contributed by atoms with E-state index in [0.717, 1.165) is 40.5 Å². The molecule has 1 unspecified atom stereocenters. The van der Waals surface area contributed by atoms with Crippen molar-refractivity contribution in [3.8, 4) is 10.6 Å². The largest absolute Gasteiger partial charge is 0.335 e. The van der Waals surface area contributed by atoms with Crippen LogP contribution in [0, 0.1) is 6.92 Å². The number of amides is 1. The van der Waals surface area contributed by atoms with E-state index in [0.29, 0.717) is 6.04 Å². The molecule has 5 heteroatoms. The number of likely N-dealkylation sites (tertiary alicyclic amines) is 1. The van der Waals surface area contributed by atoms with Crippen molar-refractivity contribution in [1.29, 1.82) is 0 Å². The number of thiophene rings is 1. The van der Waals surface area contributed by atoms with Crippen LogP contribution in [-0.2, 0) is 0 Å². The van der Waals surface area contributed by atoms with Crippen molar-refractivity contribution in [3.63, 3.8) is 0 Å². The zero-order valence-electron chi connectivity index (χ0n) is 11.8. The molecule has 0 aromatic carbocycles. The fraction of sp³-hybridized carbons (Fsp3) is 0.467. The molecule has 2 aromatic heterocycles. The van der Waals surface area contributed by atoms with Gasteiger partial charge >= 0.3 is 0 Å². The molecule has 106 valence electrons. The summed E-state index contributed by atoms with van der Waals surface area (Å²) in [4.78, 5) is 20.1. The first-order valence-electron chi connectivity index (χ1n) is 6.98. The summed E-state index contributed by atoms with van der Waals surface area (Å²) >= 11 is 3.18. The molecule has 2 aromatic rings. The second-order valence-corrected chi connectivity index (χ2v) is 7.07. The van der Waals surface area contributed by atoms with E-state index in [2.05, 4.69) is 23.4 Å². The van der Waals surface area contributed by atoms with Crippen molar-refractivity contribution >= 4 is 28.6 Å². The number of aryl methyl sites for hydroxylation is 1. The number of hydrogen-bond acceptors (Lipinski definition) is 4. The fourth-order valence-electron chi connectivity index (χ4n) is 2.63. The Labute approximate surface area is 127 Å². The third-order valence-corrected chi connectivity index (χ3v) is 5.70. The summed E-state index contributed by atoms with van der Waals surface area (Å²) < 4.78 is 0. The topological polar surface area (TPSA) is 33.2 Å². The van der Waals surface area contributed by atoms with Crippen LogP contribution in [-0.4, -0.2) is 28.4 Å². The van der Waals surface area contributed by atoms with E-state index >= 15 is 0 Å².